The van der Waals surface area contributed by atoms with Gasteiger partial charge in [-0.25, -0.2) is 4.39 Å². The van der Waals surface area contributed by atoms with E-state index in [1.54, 1.807) is 38.1 Å². The third-order valence-electron chi connectivity index (χ3n) is 5.16. The summed E-state index contributed by atoms with van der Waals surface area (Å²) in [6, 6.07) is 9.00. The van der Waals surface area contributed by atoms with Crippen LogP contribution in [0.4, 0.5) is 4.39 Å². The standard InChI is InChI=1S/C23H23ClFNO4/c1-4-5-12-30-23(29)13(2)19-14(3)26(17-10-11-18(27)21(25)20(17)19)22(28)15-6-8-16(24)9-7-15/h6-11,13,27H,4-5,12H2,1-3H3. The first-order valence-electron chi connectivity index (χ1n) is 9.77. The van der Waals surface area contributed by atoms with Crippen molar-refractivity contribution in [2.24, 2.45) is 0 Å². The van der Waals surface area contributed by atoms with Crippen molar-refractivity contribution in [3.8, 4) is 5.75 Å². The average molecular weight is 432 g/mol. The Kier molecular flexibility index (Phi) is 6.46. The fraction of sp³-hybridized carbons (Fsp3) is 0.304. The molecule has 2 aromatic carbocycles. The summed E-state index contributed by atoms with van der Waals surface area (Å²) >= 11 is 5.91. The van der Waals surface area contributed by atoms with Gasteiger partial charge < -0.3 is 9.84 Å². The monoisotopic (exact) mass is 431 g/mol. The van der Waals surface area contributed by atoms with Gasteiger partial charge in [0.15, 0.2) is 11.6 Å². The van der Waals surface area contributed by atoms with Gasteiger partial charge in [0.2, 0.25) is 0 Å². The van der Waals surface area contributed by atoms with E-state index in [-0.39, 0.29) is 17.5 Å². The molecular weight excluding hydrogens is 409 g/mol. The fourth-order valence-electron chi connectivity index (χ4n) is 3.55. The van der Waals surface area contributed by atoms with Crippen LogP contribution in [0.1, 0.15) is 54.2 Å². The van der Waals surface area contributed by atoms with Crippen LogP contribution in [0.25, 0.3) is 10.9 Å². The number of aromatic nitrogens is 1. The summed E-state index contributed by atoms with van der Waals surface area (Å²) in [4.78, 5) is 25.8. The molecule has 0 fully saturated rings. The van der Waals surface area contributed by atoms with Crippen LogP contribution in [0.2, 0.25) is 5.02 Å². The van der Waals surface area contributed by atoms with E-state index in [0.29, 0.717) is 21.8 Å². The molecule has 1 aromatic heterocycles. The van der Waals surface area contributed by atoms with E-state index in [9.17, 15) is 19.1 Å². The zero-order valence-electron chi connectivity index (χ0n) is 17.0. The number of ether oxygens (including phenoxy) is 1. The first-order chi connectivity index (χ1) is 14.3. The number of carbonyl (C=O) groups excluding carboxylic acids is 2. The van der Waals surface area contributed by atoms with Crippen molar-refractivity contribution in [3.63, 3.8) is 0 Å². The largest absolute Gasteiger partial charge is 0.505 e. The van der Waals surface area contributed by atoms with Crippen LogP contribution >= 0.6 is 11.6 Å². The Balaban J connectivity index is 2.17. The van der Waals surface area contributed by atoms with Crippen molar-refractivity contribution in [1.29, 1.82) is 0 Å². The molecule has 1 unspecified atom stereocenters. The van der Waals surface area contributed by atoms with Gasteiger partial charge in [-0.3, -0.25) is 14.2 Å². The number of esters is 1. The van der Waals surface area contributed by atoms with Crippen molar-refractivity contribution >= 4 is 34.4 Å². The lowest BCUT2D eigenvalue weighted by molar-refractivity contribution is -0.145. The maximum Gasteiger partial charge on any atom is 0.313 e. The van der Waals surface area contributed by atoms with E-state index < -0.39 is 29.4 Å². The SMILES string of the molecule is CCCCOC(=O)C(C)c1c(C)n(C(=O)c2ccc(Cl)cc2)c2ccc(O)c(F)c12. The number of unbranched alkanes of at least 4 members (excludes halogenated alkanes) is 1. The van der Waals surface area contributed by atoms with Crippen molar-refractivity contribution in [1.82, 2.24) is 4.57 Å². The molecule has 3 aromatic rings. The predicted octanol–water partition coefficient (Wildman–Crippen LogP) is 5.58. The number of hydrogen-bond acceptors (Lipinski definition) is 4. The molecule has 7 heteroatoms. The smallest absolute Gasteiger partial charge is 0.313 e. The van der Waals surface area contributed by atoms with Crippen molar-refractivity contribution < 1.29 is 23.8 Å². The minimum atomic E-state index is -0.874. The highest BCUT2D eigenvalue weighted by atomic mass is 35.5. The molecule has 158 valence electrons. The van der Waals surface area contributed by atoms with Gasteiger partial charge in [0, 0.05) is 21.7 Å². The molecule has 0 spiro atoms. The van der Waals surface area contributed by atoms with Crippen LogP contribution in [-0.2, 0) is 9.53 Å². The maximum atomic E-state index is 15.0. The van der Waals surface area contributed by atoms with E-state index in [2.05, 4.69) is 0 Å². The highest BCUT2D eigenvalue weighted by Gasteiger charge is 2.30. The fourth-order valence-corrected chi connectivity index (χ4v) is 3.68. The summed E-state index contributed by atoms with van der Waals surface area (Å²) in [7, 11) is 0. The first kappa shape index (κ1) is 21.8. The number of rotatable bonds is 6. The Morgan fingerprint density at radius 3 is 2.50 bits per heavy atom. The summed E-state index contributed by atoms with van der Waals surface area (Å²) in [5, 5.41) is 10.4. The number of fused-ring (bicyclic) bond motifs is 1. The molecule has 1 N–H and O–H groups in total. The molecule has 0 aliphatic heterocycles. The van der Waals surface area contributed by atoms with E-state index in [0.717, 1.165) is 12.8 Å². The second-order valence-electron chi connectivity index (χ2n) is 7.18. The van der Waals surface area contributed by atoms with Gasteiger partial charge in [0.05, 0.1) is 18.0 Å². The highest BCUT2D eigenvalue weighted by molar-refractivity contribution is 6.30. The number of phenols is 1. The topological polar surface area (TPSA) is 68.5 Å². The summed E-state index contributed by atoms with van der Waals surface area (Å²) in [5.74, 6) is -3.14. The first-order valence-corrected chi connectivity index (χ1v) is 10.1. The van der Waals surface area contributed by atoms with Crippen LogP contribution in [0.15, 0.2) is 36.4 Å². The Labute approximate surface area is 179 Å². The number of halogens is 2. The Morgan fingerprint density at radius 1 is 1.20 bits per heavy atom. The molecular formula is C23H23ClFNO4. The zero-order valence-corrected chi connectivity index (χ0v) is 17.8. The Hall–Kier alpha value is -2.86. The average Bonchev–Trinajstić information content (AvgIpc) is 3.02. The van der Waals surface area contributed by atoms with Crippen LogP contribution in [0.3, 0.4) is 0 Å². The van der Waals surface area contributed by atoms with Gasteiger partial charge >= 0.3 is 5.97 Å². The molecule has 1 heterocycles. The molecule has 1 atom stereocenters. The van der Waals surface area contributed by atoms with Crippen LogP contribution < -0.4 is 0 Å². The van der Waals surface area contributed by atoms with E-state index in [4.69, 9.17) is 16.3 Å². The molecule has 0 saturated heterocycles. The second kappa shape index (κ2) is 8.88. The number of aromatic hydroxyl groups is 1. The zero-order chi connectivity index (χ0) is 22.0. The number of hydrogen-bond donors (Lipinski definition) is 1. The number of nitrogens with zero attached hydrogens (tertiary/aromatic N) is 1. The lowest BCUT2D eigenvalue weighted by atomic mass is 9.97. The van der Waals surface area contributed by atoms with E-state index in [1.165, 1.54) is 16.7 Å². The molecule has 0 aliphatic rings. The van der Waals surface area contributed by atoms with Gasteiger partial charge in [-0.1, -0.05) is 24.9 Å². The summed E-state index contributed by atoms with van der Waals surface area (Å²) in [5.41, 5.74) is 1.36. The molecule has 0 radical (unpaired) electrons. The lowest BCUT2D eigenvalue weighted by Gasteiger charge is -2.13. The lowest BCUT2D eigenvalue weighted by Crippen LogP contribution is -2.17. The molecule has 0 amide bonds. The van der Waals surface area contributed by atoms with E-state index >= 15 is 0 Å². The molecule has 0 bridgehead atoms. The number of carbonyl (C=O) groups is 2. The Morgan fingerprint density at radius 2 is 1.87 bits per heavy atom. The molecule has 5 nitrogen and oxygen atoms in total. The normalized spacial score (nSPS) is 12.2. The van der Waals surface area contributed by atoms with Crippen LogP contribution in [-0.4, -0.2) is 28.2 Å². The maximum absolute atomic E-state index is 15.0. The van der Waals surface area contributed by atoms with Gasteiger partial charge in [0.25, 0.3) is 5.91 Å². The van der Waals surface area contributed by atoms with Crippen molar-refractivity contribution in [2.75, 3.05) is 6.61 Å². The molecule has 0 saturated carbocycles. The summed E-state index contributed by atoms with van der Waals surface area (Å²) < 4.78 is 21.6. The van der Waals surface area contributed by atoms with Gasteiger partial charge in [0.1, 0.15) is 0 Å². The van der Waals surface area contributed by atoms with Crippen LogP contribution in [0.5, 0.6) is 5.75 Å². The third-order valence-corrected chi connectivity index (χ3v) is 5.41. The van der Waals surface area contributed by atoms with Crippen molar-refractivity contribution in [2.45, 2.75) is 39.5 Å². The summed E-state index contributed by atoms with van der Waals surface area (Å²) in [6.45, 7) is 5.51. The van der Waals surface area contributed by atoms with Gasteiger partial charge in [-0.2, -0.15) is 0 Å². The number of benzene rings is 2. The Bertz CT molecular complexity index is 1100. The molecule has 30 heavy (non-hydrogen) atoms. The highest BCUT2D eigenvalue weighted by Crippen LogP contribution is 2.37. The number of phenolic OH excluding ortho intramolecular Hbond substituents is 1. The second-order valence-corrected chi connectivity index (χ2v) is 7.62. The molecule has 3 rings (SSSR count). The minimum Gasteiger partial charge on any atom is -0.505 e. The van der Waals surface area contributed by atoms with E-state index in [1.807, 2.05) is 6.92 Å². The summed E-state index contributed by atoms with van der Waals surface area (Å²) in [6.07, 6.45) is 1.60. The van der Waals surface area contributed by atoms with Crippen molar-refractivity contribution in [3.05, 3.63) is 64.1 Å². The third kappa shape index (κ3) is 3.92. The van der Waals surface area contributed by atoms with Crippen LogP contribution in [0, 0.1) is 12.7 Å². The van der Waals surface area contributed by atoms with Gasteiger partial charge in [-0.05, 0) is 62.2 Å². The molecule has 0 aliphatic carbocycles. The predicted molar refractivity (Wildman–Crippen MR) is 114 cm³/mol. The minimum absolute atomic E-state index is 0.0368. The quantitative estimate of drug-likeness (QED) is 0.408. The van der Waals surface area contributed by atoms with Gasteiger partial charge in [-0.15, -0.1) is 0 Å².